The van der Waals surface area contributed by atoms with Crippen molar-refractivity contribution < 1.29 is 5.11 Å². The number of anilines is 1. The highest BCUT2D eigenvalue weighted by molar-refractivity contribution is 5.31. The lowest BCUT2D eigenvalue weighted by molar-refractivity contribution is 0.0748. The molecule has 1 aromatic heterocycles. The second-order valence-corrected chi connectivity index (χ2v) is 3.95. The third-order valence-corrected chi connectivity index (χ3v) is 2.98. The first kappa shape index (κ1) is 10.3. The van der Waals surface area contributed by atoms with Crippen LogP contribution in [0.1, 0.15) is 13.3 Å². The summed E-state index contributed by atoms with van der Waals surface area (Å²) in [6, 6.07) is 1.78. The summed E-state index contributed by atoms with van der Waals surface area (Å²) in [5.74, 6) is 0.686. The van der Waals surface area contributed by atoms with E-state index in [2.05, 4.69) is 9.97 Å². The summed E-state index contributed by atoms with van der Waals surface area (Å²) in [6.07, 6.45) is 3.58. The van der Waals surface area contributed by atoms with Crippen LogP contribution in [0.5, 0.6) is 0 Å². The summed E-state index contributed by atoms with van der Waals surface area (Å²) < 4.78 is 0. The molecule has 1 aliphatic rings. The first-order valence-corrected chi connectivity index (χ1v) is 5.17. The Hall–Kier alpha value is -1.20. The molecule has 0 radical (unpaired) electrons. The van der Waals surface area contributed by atoms with Gasteiger partial charge in [0.2, 0.25) is 5.95 Å². The standard InChI is InChI=1S/C10H16N4O/c1-7-8(15)3-6-14(9(7)11)10-12-4-2-5-13-10/h2,4-5,7-9,15H,3,6,11H2,1H3. The van der Waals surface area contributed by atoms with Gasteiger partial charge in [0.1, 0.15) is 0 Å². The molecule has 1 saturated heterocycles. The van der Waals surface area contributed by atoms with E-state index in [1.807, 2.05) is 11.8 Å². The average molecular weight is 208 g/mol. The van der Waals surface area contributed by atoms with Crippen LogP contribution in [0.15, 0.2) is 18.5 Å². The predicted molar refractivity (Wildman–Crippen MR) is 57.1 cm³/mol. The van der Waals surface area contributed by atoms with Gasteiger partial charge in [-0.15, -0.1) is 0 Å². The van der Waals surface area contributed by atoms with Crippen molar-refractivity contribution in [2.75, 3.05) is 11.4 Å². The molecule has 3 atom stereocenters. The van der Waals surface area contributed by atoms with Gasteiger partial charge in [-0.25, -0.2) is 9.97 Å². The number of hydrogen-bond acceptors (Lipinski definition) is 5. The molecule has 0 bridgehead atoms. The fraction of sp³-hybridized carbons (Fsp3) is 0.600. The van der Waals surface area contributed by atoms with E-state index >= 15 is 0 Å². The van der Waals surface area contributed by atoms with Crippen LogP contribution in [-0.2, 0) is 0 Å². The number of nitrogens with zero attached hydrogens (tertiary/aromatic N) is 3. The Morgan fingerprint density at radius 3 is 2.80 bits per heavy atom. The van der Waals surface area contributed by atoms with Gasteiger partial charge in [-0.1, -0.05) is 6.92 Å². The first-order chi connectivity index (χ1) is 7.20. The highest BCUT2D eigenvalue weighted by atomic mass is 16.3. The molecule has 82 valence electrons. The summed E-state index contributed by atoms with van der Waals surface area (Å²) in [5.41, 5.74) is 6.03. The molecule has 0 aliphatic carbocycles. The molecule has 5 nitrogen and oxygen atoms in total. The third-order valence-electron chi connectivity index (χ3n) is 2.98. The van der Waals surface area contributed by atoms with Gasteiger partial charge in [0.15, 0.2) is 0 Å². The summed E-state index contributed by atoms with van der Waals surface area (Å²) in [4.78, 5) is 10.3. The number of aliphatic hydroxyl groups excluding tert-OH is 1. The Morgan fingerprint density at radius 1 is 1.47 bits per heavy atom. The highest BCUT2D eigenvalue weighted by Gasteiger charge is 2.32. The van der Waals surface area contributed by atoms with Crippen LogP contribution in [0.2, 0.25) is 0 Å². The molecule has 1 aliphatic heterocycles. The van der Waals surface area contributed by atoms with E-state index in [1.165, 1.54) is 0 Å². The van der Waals surface area contributed by atoms with Crippen molar-refractivity contribution in [3.63, 3.8) is 0 Å². The highest BCUT2D eigenvalue weighted by Crippen LogP contribution is 2.23. The van der Waals surface area contributed by atoms with Crippen molar-refractivity contribution in [2.45, 2.75) is 25.6 Å². The minimum atomic E-state index is -0.319. The van der Waals surface area contributed by atoms with E-state index in [0.717, 1.165) is 0 Å². The molecule has 2 heterocycles. The Kier molecular flexibility index (Phi) is 2.83. The molecule has 0 spiro atoms. The molecular weight excluding hydrogens is 192 g/mol. The average Bonchev–Trinajstić information content (AvgIpc) is 2.27. The van der Waals surface area contributed by atoms with Gasteiger partial charge >= 0.3 is 0 Å². The maximum atomic E-state index is 9.67. The summed E-state index contributed by atoms with van der Waals surface area (Å²) in [7, 11) is 0. The molecule has 3 unspecified atom stereocenters. The Bertz CT molecular complexity index is 318. The fourth-order valence-electron chi connectivity index (χ4n) is 1.87. The molecule has 5 heteroatoms. The van der Waals surface area contributed by atoms with Crippen LogP contribution in [0.25, 0.3) is 0 Å². The van der Waals surface area contributed by atoms with E-state index in [0.29, 0.717) is 18.9 Å². The van der Waals surface area contributed by atoms with Crippen molar-refractivity contribution >= 4 is 5.95 Å². The van der Waals surface area contributed by atoms with Crippen LogP contribution in [0, 0.1) is 5.92 Å². The second kappa shape index (κ2) is 4.12. The largest absolute Gasteiger partial charge is 0.393 e. The monoisotopic (exact) mass is 208 g/mol. The van der Waals surface area contributed by atoms with E-state index in [-0.39, 0.29) is 18.2 Å². The zero-order chi connectivity index (χ0) is 10.8. The van der Waals surface area contributed by atoms with Crippen LogP contribution >= 0.6 is 0 Å². The van der Waals surface area contributed by atoms with Crippen molar-refractivity contribution in [1.29, 1.82) is 0 Å². The van der Waals surface area contributed by atoms with Crippen LogP contribution in [0.4, 0.5) is 5.95 Å². The van der Waals surface area contributed by atoms with Crippen molar-refractivity contribution in [2.24, 2.45) is 11.7 Å². The second-order valence-electron chi connectivity index (χ2n) is 3.95. The topological polar surface area (TPSA) is 75.3 Å². The maximum Gasteiger partial charge on any atom is 0.226 e. The van der Waals surface area contributed by atoms with E-state index < -0.39 is 0 Å². The number of rotatable bonds is 1. The summed E-state index contributed by atoms with van der Waals surface area (Å²) in [5, 5.41) is 9.67. The van der Waals surface area contributed by atoms with Gasteiger partial charge in [-0.3, -0.25) is 0 Å². The zero-order valence-corrected chi connectivity index (χ0v) is 8.74. The van der Waals surface area contributed by atoms with Crippen LogP contribution < -0.4 is 10.6 Å². The Morgan fingerprint density at radius 2 is 2.13 bits per heavy atom. The lowest BCUT2D eigenvalue weighted by Crippen LogP contribution is -2.55. The predicted octanol–water partition coefficient (Wildman–Crippen LogP) is -0.0315. The van der Waals surface area contributed by atoms with E-state index in [9.17, 15) is 5.11 Å². The maximum absolute atomic E-state index is 9.67. The molecule has 0 saturated carbocycles. The minimum absolute atomic E-state index is 0.0440. The van der Waals surface area contributed by atoms with Crippen molar-refractivity contribution in [1.82, 2.24) is 9.97 Å². The lowest BCUT2D eigenvalue weighted by atomic mass is 9.94. The summed E-state index contributed by atoms with van der Waals surface area (Å²) >= 11 is 0. The van der Waals surface area contributed by atoms with Gasteiger partial charge in [0.25, 0.3) is 0 Å². The van der Waals surface area contributed by atoms with Gasteiger partial charge in [-0.2, -0.15) is 0 Å². The molecule has 2 rings (SSSR count). The number of piperidine rings is 1. The number of aromatic nitrogens is 2. The van der Waals surface area contributed by atoms with Crippen molar-refractivity contribution in [3.05, 3.63) is 18.5 Å². The van der Waals surface area contributed by atoms with E-state index in [1.54, 1.807) is 18.5 Å². The molecule has 0 amide bonds. The van der Waals surface area contributed by atoms with Crippen LogP contribution in [-0.4, -0.2) is 33.9 Å². The van der Waals surface area contributed by atoms with E-state index in [4.69, 9.17) is 5.73 Å². The molecule has 3 N–H and O–H groups in total. The third kappa shape index (κ3) is 1.93. The SMILES string of the molecule is CC1C(O)CCN(c2ncccn2)C1N. The Labute approximate surface area is 88.9 Å². The number of hydrogen-bond donors (Lipinski definition) is 2. The van der Waals surface area contributed by atoms with Gasteiger partial charge in [0.05, 0.1) is 12.3 Å². The zero-order valence-electron chi connectivity index (χ0n) is 8.74. The number of aliphatic hydroxyl groups is 1. The molecule has 1 fully saturated rings. The van der Waals surface area contributed by atoms with Crippen molar-refractivity contribution in [3.8, 4) is 0 Å². The normalized spacial score (nSPS) is 31.7. The smallest absolute Gasteiger partial charge is 0.226 e. The molecule has 0 aromatic carbocycles. The lowest BCUT2D eigenvalue weighted by Gasteiger charge is -2.40. The fourth-order valence-corrected chi connectivity index (χ4v) is 1.87. The first-order valence-electron chi connectivity index (χ1n) is 5.17. The quantitative estimate of drug-likeness (QED) is 0.677. The van der Waals surface area contributed by atoms with Crippen LogP contribution in [0.3, 0.4) is 0 Å². The molecule has 1 aromatic rings. The van der Waals surface area contributed by atoms with Gasteiger partial charge in [-0.05, 0) is 12.5 Å². The summed E-state index contributed by atoms with van der Waals surface area (Å²) in [6.45, 7) is 2.65. The molecule has 15 heavy (non-hydrogen) atoms. The number of nitrogens with two attached hydrogens (primary N) is 1. The van der Waals surface area contributed by atoms with Gasteiger partial charge < -0.3 is 15.7 Å². The Balaban J connectivity index is 2.17. The minimum Gasteiger partial charge on any atom is -0.393 e. The molecular formula is C10H16N4O. The van der Waals surface area contributed by atoms with Gasteiger partial charge in [0, 0.05) is 24.9 Å².